The fourth-order valence-corrected chi connectivity index (χ4v) is 3.38. The van der Waals surface area contributed by atoms with E-state index in [1.807, 2.05) is 25.1 Å². The van der Waals surface area contributed by atoms with Gasteiger partial charge in [-0.1, -0.05) is 17.8 Å². The van der Waals surface area contributed by atoms with E-state index in [0.717, 1.165) is 0 Å². The summed E-state index contributed by atoms with van der Waals surface area (Å²) < 4.78 is 17.6. The number of nitrogens with zero attached hydrogens (tertiary/aromatic N) is 4. The third-order valence-electron chi connectivity index (χ3n) is 4.06. The van der Waals surface area contributed by atoms with Crippen molar-refractivity contribution in [3.8, 4) is 11.5 Å². The van der Waals surface area contributed by atoms with E-state index in [0.29, 0.717) is 42.2 Å². The molecule has 0 aliphatic carbocycles. The fourth-order valence-electron chi connectivity index (χ4n) is 2.61. The van der Waals surface area contributed by atoms with Crippen LogP contribution >= 0.6 is 11.8 Å². The molecule has 1 aliphatic rings. The summed E-state index contributed by atoms with van der Waals surface area (Å²) in [6.07, 6.45) is 0.0613. The van der Waals surface area contributed by atoms with Gasteiger partial charge in [0.25, 0.3) is 0 Å². The predicted octanol–water partition coefficient (Wildman–Crippen LogP) is 0.919. The lowest BCUT2D eigenvalue weighted by molar-refractivity contribution is -0.135. The highest BCUT2D eigenvalue weighted by Crippen LogP contribution is 2.21. The summed E-state index contributed by atoms with van der Waals surface area (Å²) >= 11 is 1.26. The van der Waals surface area contributed by atoms with Crippen LogP contribution in [-0.2, 0) is 16.1 Å². The third kappa shape index (κ3) is 5.04. The molecule has 1 aromatic carbocycles. The second-order valence-corrected chi connectivity index (χ2v) is 6.99. The molecule has 2 aromatic rings. The highest BCUT2D eigenvalue weighted by molar-refractivity contribution is 7.99. The minimum absolute atomic E-state index is 0.0346. The number of nitrogens with two attached hydrogens (primary N) is 1. The molecule has 1 aliphatic heterocycles. The first-order chi connectivity index (χ1) is 13.1. The largest absolute Gasteiger partial charge is 0.497 e. The molecule has 0 radical (unpaired) electrons. The minimum Gasteiger partial charge on any atom is -0.497 e. The van der Waals surface area contributed by atoms with Gasteiger partial charge in [-0.2, -0.15) is 0 Å². The number of carbonyl (C=O) groups excluding carboxylic acids is 1. The number of methoxy groups -OCH3 is 1. The van der Waals surface area contributed by atoms with Crippen LogP contribution in [0, 0.1) is 0 Å². The highest BCUT2D eigenvalue weighted by atomic mass is 32.2. The van der Waals surface area contributed by atoms with E-state index in [1.54, 1.807) is 18.1 Å². The maximum absolute atomic E-state index is 12.3. The van der Waals surface area contributed by atoms with Crippen molar-refractivity contribution in [1.29, 1.82) is 0 Å². The fraction of sp³-hybridized carbons (Fsp3) is 0.471. The van der Waals surface area contributed by atoms with E-state index in [2.05, 4.69) is 10.2 Å². The van der Waals surface area contributed by atoms with Crippen molar-refractivity contribution in [1.82, 2.24) is 19.8 Å². The summed E-state index contributed by atoms with van der Waals surface area (Å²) in [5, 5.41) is 8.55. The van der Waals surface area contributed by atoms with Gasteiger partial charge in [0.2, 0.25) is 11.1 Å². The molecule has 0 bridgehead atoms. The molecular weight excluding hydrogens is 370 g/mol. The van der Waals surface area contributed by atoms with Crippen LogP contribution in [0.4, 0.5) is 0 Å². The lowest BCUT2D eigenvalue weighted by Crippen LogP contribution is -2.45. The Kier molecular flexibility index (Phi) is 6.40. The van der Waals surface area contributed by atoms with Gasteiger partial charge in [-0.3, -0.25) is 4.79 Å². The third-order valence-corrected chi connectivity index (χ3v) is 4.99. The van der Waals surface area contributed by atoms with Gasteiger partial charge >= 0.3 is 0 Å². The predicted molar refractivity (Wildman–Crippen MR) is 100 cm³/mol. The molecule has 146 valence electrons. The molecule has 3 rings (SSSR count). The SMILES string of the molecule is COc1cccc(OCc2nnc(SCC(=O)N3CCOC(C)C3)n2N)c1. The molecule has 9 nitrogen and oxygen atoms in total. The number of rotatable bonds is 7. The zero-order chi connectivity index (χ0) is 19.2. The normalized spacial score (nSPS) is 17.0. The van der Waals surface area contributed by atoms with Crippen LogP contribution in [0.5, 0.6) is 11.5 Å². The number of ether oxygens (including phenoxy) is 3. The van der Waals surface area contributed by atoms with Crippen molar-refractivity contribution in [2.45, 2.75) is 24.8 Å². The van der Waals surface area contributed by atoms with Gasteiger partial charge in [-0.25, -0.2) is 4.68 Å². The molecule has 0 saturated carbocycles. The second-order valence-electron chi connectivity index (χ2n) is 6.05. The molecule has 1 amide bonds. The first-order valence-corrected chi connectivity index (χ1v) is 9.53. The molecular formula is C17H23N5O4S. The van der Waals surface area contributed by atoms with Crippen LogP contribution in [-0.4, -0.2) is 64.3 Å². The Balaban J connectivity index is 1.52. The van der Waals surface area contributed by atoms with E-state index in [-0.39, 0.29) is 24.4 Å². The van der Waals surface area contributed by atoms with E-state index in [1.165, 1.54) is 16.4 Å². The number of aromatic nitrogens is 3. The van der Waals surface area contributed by atoms with Crippen LogP contribution in [0.25, 0.3) is 0 Å². The summed E-state index contributed by atoms with van der Waals surface area (Å²) in [4.78, 5) is 14.1. The minimum atomic E-state index is 0.0346. The highest BCUT2D eigenvalue weighted by Gasteiger charge is 2.22. The molecule has 2 heterocycles. The number of hydrogen-bond acceptors (Lipinski definition) is 8. The maximum atomic E-state index is 12.3. The van der Waals surface area contributed by atoms with Gasteiger partial charge in [0.15, 0.2) is 5.82 Å². The first kappa shape index (κ1) is 19.3. The summed E-state index contributed by atoms with van der Waals surface area (Å²) in [7, 11) is 1.60. The Bertz CT molecular complexity index is 784. The van der Waals surface area contributed by atoms with Crippen LogP contribution < -0.4 is 15.3 Å². The molecule has 0 spiro atoms. The summed E-state index contributed by atoms with van der Waals surface area (Å²) in [6.45, 7) is 3.90. The van der Waals surface area contributed by atoms with Gasteiger partial charge in [0.05, 0.1) is 25.6 Å². The van der Waals surface area contributed by atoms with Gasteiger partial charge in [-0.05, 0) is 19.1 Å². The van der Waals surface area contributed by atoms with Crippen molar-refractivity contribution in [3.05, 3.63) is 30.1 Å². The van der Waals surface area contributed by atoms with Crippen molar-refractivity contribution in [2.24, 2.45) is 0 Å². The average Bonchev–Trinajstić information content (AvgIpc) is 3.04. The quantitative estimate of drug-likeness (QED) is 0.547. The Morgan fingerprint density at radius 3 is 3.00 bits per heavy atom. The zero-order valence-corrected chi connectivity index (χ0v) is 16.1. The smallest absolute Gasteiger partial charge is 0.233 e. The Labute approximate surface area is 161 Å². The number of carbonyl (C=O) groups is 1. The lowest BCUT2D eigenvalue weighted by atomic mass is 10.3. The number of morpholine rings is 1. The standard InChI is InChI=1S/C17H23N5O4S/c1-12-9-21(6-7-25-12)16(23)11-27-17-20-19-15(22(17)18)10-26-14-5-3-4-13(8-14)24-2/h3-5,8,12H,6-7,9-11,18H2,1-2H3. The van der Waals surface area contributed by atoms with Crippen LogP contribution in [0.15, 0.2) is 29.4 Å². The molecule has 1 saturated heterocycles. The van der Waals surface area contributed by atoms with Crippen molar-refractivity contribution >= 4 is 17.7 Å². The van der Waals surface area contributed by atoms with E-state index < -0.39 is 0 Å². The van der Waals surface area contributed by atoms with Crippen LogP contribution in [0.3, 0.4) is 0 Å². The number of thioether (sulfide) groups is 1. The number of benzene rings is 1. The van der Waals surface area contributed by atoms with Gasteiger partial charge in [0, 0.05) is 19.2 Å². The van der Waals surface area contributed by atoms with E-state index >= 15 is 0 Å². The van der Waals surface area contributed by atoms with Crippen LogP contribution in [0.2, 0.25) is 0 Å². The van der Waals surface area contributed by atoms with Crippen molar-refractivity contribution < 1.29 is 19.0 Å². The summed E-state index contributed by atoms with van der Waals surface area (Å²) in [5.41, 5.74) is 0. The molecule has 1 atom stereocenters. The van der Waals surface area contributed by atoms with E-state index in [9.17, 15) is 4.79 Å². The average molecular weight is 393 g/mol. The molecule has 27 heavy (non-hydrogen) atoms. The number of nitrogen functional groups attached to an aromatic ring is 1. The monoisotopic (exact) mass is 393 g/mol. The Morgan fingerprint density at radius 2 is 2.22 bits per heavy atom. The van der Waals surface area contributed by atoms with E-state index in [4.69, 9.17) is 20.1 Å². The molecule has 10 heteroatoms. The number of amides is 1. The van der Waals surface area contributed by atoms with Gasteiger partial charge < -0.3 is 25.0 Å². The maximum Gasteiger partial charge on any atom is 0.233 e. The summed E-state index contributed by atoms with van der Waals surface area (Å²) in [6, 6.07) is 7.26. The second kappa shape index (κ2) is 8.96. The first-order valence-electron chi connectivity index (χ1n) is 8.55. The van der Waals surface area contributed by atoms with Crippen molar-refractivity contribution in [3.63, 3.8) is 0 Å². The molecule has 1 fully saturated rings. The molecule has 1 aromatic heterocycles. The number of hydrogen-bond donors (Lipinski definition) is 1. The Hall–Kier alpha value is -2.46. The van der Waals surface area contributed by atoms with Gasteiger partial charge in [0.1, 0.15) is 18.1 Å². The molecule has 1 unspecified atom stereocenters. The van der Waals surface area contributed by atoms with Crippen LogP contribution in [0.1, 0.15) is 12.7 Å². The molecule has 2 N–H and O–H groups in total. The topological polar surface area (TPSA) is 105 Å². The van der Waals surface area contributed by atoms with Crippen molar-refractivity contribution in [2.75, 3.05) is 38.4 Å². The summed E-state index contributed by atoms with van der Waals surface area (Å²) in [5.74, 6) is 8.12. The lowest BCUT2D eigenvalue weighted by Gasteiger charge is -2.31. The zero-order valence-electron chi connectivity index (χ0n) is 15.3. The Morgan fingerprint density at radius 1 is 1.41 bits per heavy atom. The van der Waals surface area contributed by atoms with Gasteiger partial charge in [-0.15, -0.1) is 10.2 Å².